The van der Waals surface area contributed by atoms with Crippen LogP contribution in [0.5, 0.6) is 0 Å². The van der Waals surface area contributed by atoms with Gasteiger partial charge in [-0.25, -0.2) is 4.79 Å². The highest BCUT2D eigenvalue weighted by Crippen LogP contribution is 2.36. The summed E-state index contributed by atoms with van der Waals surface area (Å²) in [4.78, 5) is 39.6. The van der Waals surface area contributed by atoms with E-state index in [2.05, 4.69) is 10.6 Å². The average molecular weight is 491 g/mol. The Balaban J connectivity index is 1.70. The molecule has 0 unspecified atom stereocenters. The molecule has 1 amide bonds. The summed E-state index contributed by atoms with van der Waals surface area (Å²) in [6.07, 6.45) is -1.08. The maximum absolute atomic E-state index is 13.3. The molecule has 34 heavy (non-hydrogen) atoms. The molecule has 0 fully saturated rings. The van der Waals surface area contributed by atoms with Crippen LogP contribution in [0, 0.1) is 0 Å². The highest BCUT2D eigenvalue weighted by atomic mass is 32.1. The second-order valence-electron chi connectivity index (χ2n) is 7.20. The predicted molar refractivity (Wildman–Crippen MR) is 136 cm³/mol. The average Bonchev–Trinajstić information content (AvgIpc) is 3.55. The number of Topliss-reactive ketones (excluding diaryl/α,β-unsaturated/α-hetero) is 1. The van der Waals surface area contributed by atoms with Gasteiger partial charge in [-0.1, -0.05) is 54.6 Å². The van der Waals surface area contributed by atoms with E-state index in [-0.39, 0.29) is 12.4 Å². The number of carbonyl (C=O) groups excluding carboxylic acids is 3. The minimum atomic E-state index is -1.08. The molecule has 2 aromatic heterocycles. The highest BCUT2D eigenvalue weighted by molar-refractivity contribution is 7.15. The van der Waals surface area contributed by atoms with Crippen LogP contribution in [0.4, 0.5) is 5.00 Å². The van der Waals surface area contributed by atoms with Crippen LogP contribution in [0.3, 0.4) is 0 Å². The number of hydrogen-bond acceptors (Lipinski definition) is 7. The second-order valence-corrected chi connectivity index (χ2v) is 9.03. The number of carbonyl (C=O) groups is 3. The molecule has 0 bridgehead atoms. The molecule has 2 heterocycles. The molecule has 8 heteroatoms. The molecule has 0 aliphatic carbocycles. The van der Waals surface area contributed by atoms with Crippen molar-refractivity contribution in [2.75, 3.05) is 11.9 Å². The Morgan fingerprint density at radius 3 is 2.26 bits per heavy atom. The van der Waals surface area contributed by atoms with Crippen molar-refractivity contribution in [1.82, 2.24) is 5.32 Å². The number of hydrogen-bond donors (Lipinski definition) is 2. The van der Waals surface area contributed by atoms with Crippen LogP contribution in [0.25, 0.3) is 11.1 Å². The first kappa shape index (κ1) is 23.4. The molecule has 4 rings (SSSR count). The number of thiophene rings is 2. The van der Waals surface area contributed by atoms with Crippen LogP contribution in [-0.2, 0) is 4.74 Å². The summed E-state index contributed by atoms with van der Waals surface area (Å²) in [7, 11) is 0. The Kier molecular flexibility index (Phi) is 7.51. The minimum absolute atomic E-state index is 0.213. The molecular formula is C26H22N2O4S2. The molecule has 1 atom stereocenters. The minimum Gasteiger partial charge on any atom is -0.462 e. The van der Waals surface area contributed by atoms with E-state index in [1.54, 1.807) is 48.7 Å². The van der Waals surface area contributed by atoms with E-state index in [1.165, 1.54) is 22.7 Å². The molecule has 0 saturated carbocycles. The first-order chi connectivity index (χ1) is 16.6. The Bertz CT molecular complexity index is 1270. The van der Waals surface area contributed by atoms with Gasteiger partial charge in [0.25, 0.3) is 5.91 Å². The summed E-state index contributed by atoms with van der Waals surface area (Å²) in [6.45, 7) is 1.95. The van der Waals surface area contributed by atoms with Gasteiger partial charge in [0.1, 0.15) is 10.6 Å². The molecule has 4 aromatic rings. The Hall–Kier alpha value is -3.75. The summed E-state index contributed by atoms with van der Waals surface area (Å²) in [5.74, 6) is -1.20. The lowest BCUT2D eigenvalue weighted by molar-refractivity contribution is 0.0528. The van der Waals surface area contributed by atoms with Crippen LogP contribution in [0.2, 0.25) is 0 Å². The van der Waals surface area contributed by atoms with Gasteiger partial charge in [0.05, 0.1) is 11.5 Å². The van der Waals surface area contributed by atoms with Gasteiger partial charge in [-0.3, -0.25) is 9.59 Å². The monoisotopic (exact) mass is 490 g/mol. The SMILES string of the molecule is CCOC(=O)c1c(-c2ccccc2)csc1N[C@@H](NC(=O)c1ccccc1)C(=O)c1cccs1. The number of rotatable bonds is 9. The number of ether oxygens (including phenoxy) is 1. The van der Waals surface area contributed by atoms with Gasteiger partial charge in [0, 0.05) is 16.5 Å². The van der Waals surface area contributed by atoms with Crippen LogP contribution >= 0.6 is 22.7 Å². The van der Waals surface area contributed by atoms with Gasteiger partial charge in [0.2, 0.25) is 5.78 Å². The fourth-order valence-corrected chi connectivity index (χ4v) is 5.05. The van der Waals surface area contributed by atoms with E-state index in [9.17, 15) is 14.4 Å². The first-order valence-electron chi connectivity index (χ1n) is 10.6. The van der Waals surface area contributed by atoms with Crippen molar-refractivity contribution in [2.24, 2.45) is 0 Å². The normalized spacial score (nSPS) is 11.4. The molecule has 2 aromatic carbocycles. The molecule has 0 aliphatic heterocycles. The van der Waals surface area contributed by atoms with Gasteiger partial charge in [-0.15, -0.1) is 22.7 Å². The third-order valence-corrected chi connectivity index (χ3v) is 6.76. The Morgan fingerprint density at radius 1 is 0.912 bits per heavy atom. The lowest BCUT2D eigenvalue weighted by Crippen LogP contribution is -2.46. The smallest absolute Gasteiger partial charge is 0.341 e. The number of ketones is 1. The van der Waals surface area contributed by atoms with E-state index >= 15 is 0 Å². The van der Waals surface area contributed by atoms with Crippen molar-refractivity contribution < 1.29 is 19.1 Å². The van der Waals surface area contributed by atoms with Crippen molar-refractivity contribution >= 4 is 45.3 Å². The predicted octanol–water partition coefficient (Wildman–Crippen LogP) is 5.70. The lowest BCUT2D eigenvalue weighted by atomic mass is 10.0. The highest BCUT2D eigenvalue weighted by Gasteiger charge is 2.28. The number of nitrogens with one attached hydrogen (secondary N) is 2. The van der Waals surface area contributed by atoms with Gasteiger partial charge < -0.3 is 15.4 Å². The molecule has 6 nitrogen and oxygen atoms in total. The van der Waals surface area contributed by atoms with Gasteiger partial charge in [-0.05, 0) is 36.1 Å². The van der Waals surface area contributed by atoms with Crippen LogP contribution in [0.15, 0.2) is 83.6 Å². The quantitative estimate of drug-likeness (QED) is 0.179. The van der Waals surface area contributed by atoms with E-state index in [4.69, 9.17) is 4.74 Å². The number of anilines is 1. The van der Waals surface area contributed by atoms with Crippen LogP contribution in [-0.4, -0.2) is 30.4 Å². The summed E-state index contributed by atoms with van der Waals surface area (Å²) in [5.41, 5.74) is 2.30. The van der Waals surface area contributed by atoms with Crippen molar-refractivity contribution in [3.8, 4) is 11.1 Å². The van der Waals surface area contributed by atoms with E-state index in [0.717, 1.165) is 5.56 Å². The zero-order valence-corrected chi connectivity index (χ0v) is 19.9. The fourth-order valence-electron chi connectivity index (χ4n) is 3.36. The van der Waals surface area contributed by atoms with Crippen molar-refractivity contribution in [2.45, 2.75) is 13.1 Å². The van der Waals surface area contributed by atoms with Crippen molar-refractivity contribution in [3.63, 3.8) is 0 Å². The number of amides is 1. The van der Waals surface area contributed by atoms with Crippen LogP contribution in [0.1, 0.15) is 37.3 Å². The topological polar surface area (TPSA) is 84.5 Å². The van der Waals surface area contributed by atoms with E-state index in [0.29, 0.717) is 26.6 Å². The van der Waals surface area contributed by atoms with Gasteiger partial charge >= 0.3 is 5.97 Å². The zero-order valence-electron chi connectivity index (χ0n) is 18.3. The fraction of sp³-hybridized carbons (Fsp3) is 0.115. The Labute approximate surface area is 205 Å². The molecule has 0 aliphatic rings. The maximum atomic E-state index is 13.3. The zero-order chi connectivity index (χ0) is 23.9. The Morgan fingerprint density at radius 2 is 1.62 bits per heavy atom. The third-order valence-electron chi connectivity index (χ3n) is 4.97. The summed E-state index contributed by atoms with van der Waals surface area (Å²) >= 11 is 2.56. The lowest BCUT2D eigenvalue weighted by Gasteiger charge is -2.20. The van der Waals surface area contributed by atoms with E-state index in [1.807, 2.05) is 41.8 Å². The molecule has 0 saturated heterocycles. The van der Waals surface area contributed by atoms with Crippen molar-refractivity contribution in [3.05, 3.63) is 99.6 Å². The third kappa shape index (κ3) is 5.24. The summed E-state index contributed by atoms with van der Waals surface area (Å²) in [6, 6.07) is 21.6. The van der Waals surface area contributed by atoms with Crippen molar-refractivity contribution in [1.29, 1.82) is 0 Å². The largest absolute Gasteiger partial charge is 0.462 e. The molecule has 2 N–H and O–H groups in total. The summed E-state index contributed by atoms with van der Waals surface area (Å²) in [5, 5.41) is 9.97. The van der Waals surface area contributed by atoms with E-state index < -0.39 is 18.0 Å². The maximum Gasteiger partial charge on any atom is 0.341 e. The second kappa shape index (κ2) is 10.9. The number of benzene rings is 2. The molecule has 0 spiro atoms. The first-order valence-corrected chi connectivity index (χ1v) is 12.4. The summed E-state index contributed by atoms with van der Waals surface area (Å²) < 4.78 is 5.31. The number of esters is 1. The molecule has 0 radical (unpaired) electrons. The van der Waals surface area contributed by atoms with Gasteiger partial charge in [0.15, 0.2) is 6.17 Å². The van der Waals surface area contributed by atoms with Crippen LogP contribution < -0.4 is 10.6 Å². The molecule has 172 valence electrons. The van der Waals surface area contributed by atoms with Gasteiger partial charge in [-0.2, -0.15) is 0 Å². The standard InChI is InChI=1S/C26H22N2O4S2/c1-2-32-26(31)21-19(17-10-5-3-6-11-17)16-34-25(21)28-23(22(29)20-14-9-15-33-20)27-24(30)18-12-7-4-8-13-18/h3-16,23,28H,2H2,1H3,(H,27,30)/t23-/m1/s1. The molecular weight excluding hydrogens is 468 g/mol.